The lowest BCUT2D eigenvalue weighted by Crippen LogP contribution is -2.51. The van der Waals surface area contributed by atoms with Gasteiger partial charge < -0.3 is 20.7 Å². The van der Waals surface area contributed by atoms with Gasteiger partial charge in [-0.1, -0.05) is 19.1 Å². The molecule has 1 fully saturated rings. The van der Waals surface area contributed by atoms with Crippen LogP contribution in [0.15, 0.2) is 24.3 Å². The van der Waals surface area contributed by atoms with Crippen LogP contribution < -0.4 is 11.1 Å². The molecule has 1 saturated heterocycles. The lowest BCUT2D eigenvalue weighted by molar-refractivity contribution is -0.137. The number of carbonyl (C=O) groups is 2. The molecule has 7 heteroatoms. The van der Waals surface area contributed by atoms with Crippen LogP contribution in [0.1, 0.15) is 23.7 Å². The van der Waals surface area contributed by atoms with Crippen LogP contribution in [0, 0.1) is 0 Å². The van der Waals surface area contributed by atoms with Gasteiger partial charge in [-0.3, -0.25) is 9.59 Å². The zero-order chi connectivity index (χ0) is 15.2. The van der Waals surface area contributed by atoms with E-state index in [2.05, 4.69) is 5.32 Å². The van der Waals surface area contributed by atoms with Crippen LogP contribution in [0.2, 0.25) is 0 Å². The molecule has 1 aliphatic heterocycles. The summed E-state index contributed by atoms with van der Waals surface area (Å²) in [6.07, 6.45) is 0.536. The topological polar surface area (TPSA) is 84.7 Å². The van der Waals surface area contributed by atoms with Crippen LogP contribution in [-0.2, 0) is 9.53 Å². The van der Waals surface area contributed by atoms with E-state index in [0.29, 0.717) is 44.0 Å². The molecule has 122 valence electrons. The number of halogens is 1. The number of hydrogen-bond donors (Lipinski definition) is 2. The molecular formula is C15H22ClN3O3. The van der Waals surface area contributed by atoms with Crippen molar-refractivity contribution in [1.82, 2.24) is 10.2 Å². The Morgan fingerprint density at radius 3 is 2.55 bits per heavy atom. The number of morpholine rings is 1. The summed E-state index contributed by atoms with van der Waals surface area (Å²) in [5, 5.41) is 2.77. The fraction of sp³-hybridized carbons (Fsp3) is 0.467. The van der Waals surface area contributed by atoms with Crippen molar-refractivity contribution < 1.29 is 14.3 Å². The Hall–Kier alpha value is -1.79. The molecule has 22 heavy (non-hydrogen) atoms. The SMILES string of the molecule is CCC(NC(=O)c1ccccc1N)C(=O)N1CCOCC1.Cl. The Kier molecular flexibility index (Phi) is 7.14. The lowest BCUT2D eigenvalue weighted by atomic mass is 10.1. The summed E-state index contributed by atoms with van der Waals surface area (Å²) in [6, 6.07) is 6.30. The molecule has 2 rings (SSSR count). The molecule has 1 heterocycles. The number of amides is 2. The van der Waals surface area contributed by atoms with Crippen molar-refractivity contribution in [2.45, 2.75) is 19.4 Å². The van der Waals surface area contributed by atoms with Gasteiger partial charge in [-0.2, -0.15) is 0 Å². The standard InChI is InChI=1S/C15H21N3O3.ClH/c1-2-13(15(20)18-7-9-21-10-8-18)17-14(19)11-5-3-4-6-12(11)16;/h3-6,13H,2,7-10,16H2,1H3,(H,17,19);1H. The molecule has 0 spiro atoms. The first-order valence-corrected chi connectivity index (χ1v) is 7.15. The van der Waals surface area contributed by atoms with Gasteiger partial charge in [-0.15, -0.1) is 12.4 Å². The normalized spacial score (nSPS) is 15.6. The first kappa shape index (κ1) is 18.3. The summed E-state index contributed by atoms with van der Waals surface area (Å²) in [6.45, 7) is 4.10. The summed E-state index contributed by atoms with van der Waals surface area (Å²) >= 11 is 0. The molecule has 1 aromatic rings. The van der Waals surface area contributed by atoms with E-state index in [9.17, 15) is 9.59 Å². The molecular weight excluding hydrogens is 306 g/mol. The van der Waals surface area contributed by atoms with Gasteiger partial charge in [0.2, 0.25) is 5.91 Å². The number of benzene rings is 1. The van der Waals surface area contributed by atoms with Crippen molar-refractivity contribution in [3.63, 3.8) is 0 Å². The Morgan fingerprint density at radius 1 is 1.32 bits per heavy atom. The highest BCUT2D eigenvalue weighted by molar-refractivity contribution is 6.01. The molecule has 1 aromatic carbocycles. The molecule has 1 atom stereocenters. The lowest BCUT2D eigenvalue weighted by Gasteiger charge is -2.30. The van der Waals surface area contributed by atoms with E-state index in [1.165, 1.54) is 0 Å². The van der Waals surface area contributed by atoms with E-state index in [1.807, 2.05) is 6.92 Å². The number of anilines is 1. The minimum absolute atomic E-state index is 0. The summed E-state index contributed by atoms with van der Waals surface area (Å²) in [5.41, 5.74) is 6.59. The monoisotopic (exact) mass is 327 g/mol. The highest BCUT2D eigenvalue weighted by Crippen LogP contribution is 2.11. The summed E-state index contributed by atoms with van der Waals surface area (Å²) in [5.74, 6) is -0.384. The van der Waals surface area contributed by atoms with Crippen LogP contribution in [0.25, 0.3) is 0 Å². The number of nitrogen functional groups attached to an aromatic ring is 1. The van der Waals surface area contributed by atoms with Crippen molar-refractivity contribution >= 4 is 29.9 Å². The van der Waals surface area contributed by atoms with Crippen molar-refractivity contribution in [3.8, 4) is 0 Å². The number of nitrogens with zero attached hydrogens (tertiary/aromatic N) is 1. The number of nitrogens with one attached hydrogen (secondary N) is 1. The maximum Gasteiger partial charge on any atom is 0.254 e. The Morgan fingerprint density at radius 2 is 1.95 bits per heavy atom. The van der Waals surface area contributed by atoms with Gasteiger partial charge in [0.05, 0.1) is 18.8 Å². The van der Waals surface area contributed by atoms with Gasteiger partial charge >= 0.3 is 0 Å². The highest BCUT2D eigenvalue weighted by Gasteiger charge is 2.26. The number of rotatable bonds is 4. The average Bonchev–Trinajstić information content (AvgIpc) is 2.53. The van der Waals surface area contributed by atoms with E-state index in [4.69, 9.17) is 10.5 Å². The number of ether oxygens (including phenoxy) is 1. The van der Waals surface area contributed by atoms with Gasteiger partial charge in [-0.25, -0.2) is 0 Å². The smallest absolute Gasteiger partial charge is 0.254 e. The van der Waals surface area contributed by atoms with E-state index < -0.39 is 6.04 Å². The molecule has 2 amide bonds. The van der Waals surface area contributed by atoms with Crippen molar-refractivity contribution in [1.29, 1.82) is 0 Å². The Bertz CT molecular complexity index is 519. The van der Waals surface area contributed by atoms with Crippen LogP contribution in [0.5, 0.6) is 0 Å². The van der Waals surface area contributed by atoms with E-state index in [0.717, 1.165) is 0 Å². The molecule has 0 aliphatic carbocycles. The number of hydrogen-bond acceptors (Lipinski definition) is 4. The molecule has 0 saturated carbocycles. The summed E-state index contributed by atoms with van der Waals surface area (Å²) in [4.78, 5) is 26.4. The maximum atomic E-state index is 12.4. The third kappa shape index (κ3) is 4.35. The quantitative estimate of drug-likeness (QED) is 0.810. The highest BCUT2D eigenvalue weighted by atomic mass is 35.5. The van der Waals surface area contributed by atoms with Crippen molar-refractivity contribution in [3.05, 3.63) is 29.8 Å². The summed E-state index contributed by atoms with van der Waals surface area (Å²) < 4.78 is 5.23. The second kappa shape index (κ2) is 8.60. The third-order valence-electron chi connectivity index (χ3n) is 3.54. The number of carbonyl (C=O) groups excluding carboxylic acids is 2. The van der Waals surface area contributed by atoms with Crippen molar-refractivity contribution in [2.24, 2.45) is 0 Å². The number of nitrogens with two attached hydrogens (primary N) is 1. The molecule has 0 bridgehead atoms. The molecule has 3 N–H and O–H groups in total. The fourth-order valence-electron chi connectivity index (χ4n) is 2.28. The predicted molar refractivity (Wildman–Crippen MR) is 87.0 cm³/mol. The molecule has 1 aliphatic rings. The first-order chi connectivity index (χ1) is 10.1. The fourth-order valence-corrected chi connectivity index (χ4v) is 2.28. The number of para-hydroxylation sites is 1. The summed E-state index contributed by atoms with van der Waals surface area (Å²) in [7, 11) is 0. The van der Waals surface area contributed by atoms with Crippen LogP contribution in [0.4, 0.5) is 5.69 Å². The van der Waals surface area contributed by atoms with Crippen LogP contribution in [-0.4, -0.2) is 49.1 Å². The third-order valence-corrected chi connectivity index (χ3v) is 3.54. The van der Waals surface area contributed by atoms with E-state index in [1.54, 1.807) is 29.2 Å². The Labute approximate surface area is 136 Å². The minimum Gasteiger partial charge on any atom is -0.398 e. The van der Waals surface area contributed by atoms with Crippen LogP contribution in [0.3, 0.4) is 0 Å². The van der Waals surface area contributed by atoms with E-state index in [-0.39, 0.29) is 24.2 Å². The molecule has 1 unspecified atom stereocenters. The average molecular weight is 328 g/mol. The first-order valence-electron chi connectivity index (χ1n) is 7.15. The predicted octanol–water partition coefficient (Wildman–Crippen LogP) is 1.06. The van der Waals surface area contributed by atoms with Gasteiger partial charge in [0, 0.05) is 18.8 Å². The largest absolute Gasteiger partial charge is 0.398 e. The zero-order valence-corrected chi connectivity index (χ0v) is 13.4. The minimum atomic E-state index is -0.532. The van der Waals surface area contributed by atoms with Gasteiger partial charge in [0.15, 0.2) is 0 Å². The molecule has 0 aromatic heterocycles. The van der Waals surface area contributed by atoms with Gasteiger partial charge in [-0.05, 0) is 18.6 Å². The maximum absolute atomic E-state index is 12.4. The zero-order valence-electron chi connectivity index (χ0n) is 12.6. The van der Waals surface area contributed by atoms with Crippen molar-refractivity contribution in [2.75, 3.05) is 32.0 Å². The van der Waals surface area contributed by atoms with Crippen LogP contribution >= 0.6 is 12.4 Å². The van der Waals surface area contributed by atoms with Gasteiger partial charge in [0.1, 0.15) is 6.04 Å². The second-order valence-corrected chi connectivity index (χ2v) is 4.96. The molecule has 0 radical (unpaired) electrons. The Balaban J connectivity index is 0.00000242. The second-order valence-electron chi connectivity index (χ2n) is 4.96. The van der Waals surface area contributed by atoms with Gasteiger partial charge in [0.25, 0.3) is 5.91 Å². The molecule has 6 nitrogen and oxygen atoms in total. The van der Waals surface area contributed by atoms with E-state index >= 15 is 0 Å².